The number of alkyl halides is 3. The Labute approximate surface area is 113 Å². The highest BCUT2D eigenvalue weighted by atomic mass is 19.4. The summed E-state index contributed by atoms with van der Waals surface area (Å²) in [4.78, 5) is 8.16. The lowest BCUT2D eigenvalue weighted by Gasteiger charge is -2.13. The smallest absolute Gasteiger partial charge is 0.308 e. The fourth-order valence-electron chi connectivity index (χ4n) is 1.83. The lowest BCUT2D eigenvalue weighted by molar-refractivity contribution is -0.137. The molecule has 0 aromatic carbocycles. The summed E-state index contributed by atoms with van der Waals surface area (Å²) in [5, 5.41) is 0. The molecule has 0 amide bonds. The van der Waals surface area contributed by atoms with E-state index in [1.165, 1.54) is 10.8 Å². The average Bonchev–Trinajstić information content (AvgIpc) is 2.86. The highest BCUT2D eigenvalue weighted by Gasteiger charge is 2.32. The number of hydrazine groups is 1. The molecule has 0 aliphatic heterocycles. The molecular formula is C12H14F3N5. The van der Waals surface area contributed by atoms with Crippen molar-refractivity contribution in [3.05, 3.63) is 35.9 Å². The van der Waals surface area contributed by atoms with Crippen LogP contribution in [0.5, 0.6) is 0 Å². The molecule has 2 aromatic rings. The molecule has 2 rings (SSSR count). The van der Waals surface area contributed by atoms with Gasteiger partial charge in [0.15, 0.2) is 0 Å². The lowest BCUT2D eigenvalue weighted by atomic mass is 10.2. The Balaban J connectivity index is 2.53. The maximum absolute atomic E-state index is 12.9. The maximum atomic E-state index is 12.9. The number of hydrogen-bond donors (Lipinski definition) is 2. The molecule has 0 bridgehead atoms. The molecule has 0 aliphatic carbocycles. The van der Waals surface area contributed by atoms with E-state index in [4.69, 9.17) is 5.84 Å². The number of aryl methyl sites for hydroxylation is 1. The molecule has 0 aliphatic rings. The second-order valence-corrected chi connectivity index (χ2v) is 4.20. The van der Waals surface area contributed by atoms with Gasteiger partial charge in [0.05, 0.1) is 5.56 Å². The van der Waals surface area contributed by atoms with Gasteiger partial charge in [0.2, 0.25) is 0 Å². The van der Waals surface area contributed by atoms with Crippen molar-refractivity contribution in [2.24, 2.45) is 5.84 Å². The number of nitrogens with one attached hydrogen (secondary N) is 1. The van der Waals surface area contributed by atoms with E-state index in [1.54, 1.807) is 6.20 Å². The van der Waals surface area contributed by atoms with Crippen LogP contribution >= 0.6 is 0 Å². The minimum Gasteiger partial charge on any atom is -0.308 e. The molecule has 0 unspecified atom stereocenters. The van der Waals surface area contributed by atoms with Gasteiger partial charge in [-0.2, -0.15) is 13.2 Å². The predicted octanol–water partition coefficient (Wildman–Crippen LogP) is 2.52. The molecule has 8 heteroatoms. The van der Waals surface area contributed by atoms with Crippen molar-refractivity contribution < 1.29 is 13.2 Å². The van der Waals surface area contributed by atoms with Gasteiger partial charge in [0.25, 0.3) is 0 Å². The van der Waals surface area contributed by atoms with Crippen molar-refractivity contribution in [1.82, 2.24) is 14.5 Å². The van der Waals surface area contributed by atoms with Gasteiger partial charge >= 0.3 is 6.18 Å². The standard InChI is InChI=1S/C12H14F3N5/c1-2-3-10-17-4-5-20(10)11-7-8(12(13,14)15)6-9(18-11)19-16/h4-7H,2-3,16H2,1H3,(H,18,19). The zero-order valence-corrected chi connectivity index (χ0v) is 10.8. The number of pyridine rings is 1. The molecule has 5 nitrogen and oxygen atoms in total. The van der Waals surface area contributed by atoms with E-state index < -0.39 is 11.7 Å². The fraction of sp³-hybridized carbons (Fsp3) is 0.333. The number of nitrogen functional groups attached to an aromatic ring is 1. The molecule has 0 saturated heterocycles. The molecule has 0 radical (unpaired) electrons. The molecule has 108 valence electrons. The first-order valence-corrected chi connectivity index (χ1v) is 6.04. The SMILES string of the molecule is CCCc1nccn1-c1cc(C(F)(F)F)cc(NN)n1. The third-order valence-electron chi connectivity index (χ3n) is 2.72. The van der Waals surface area contributed by atoms with Crippen LogP contribution in [-0.4, -0.2) is 14.5 Å². The minimum atomic E-state index is -4.46. The third kappa shape index (κ3) is 2.90. The van der Waals surface area contributed by atoms with Gasteiger partial charge in [-0.3, -0.25) is 4.57 Å². The largest absolute Gasteiger partial charge is 0.416 e. The van der Waals surface area contributed by atoms with Gasteiger partial charge in [0, 0.05) is 18.8 Å². The van der Waals surface area contributed by atoms with E-state index in [-0.39, 0.29) is 11.6 Å². The summed E-state index contributed by atoms with van der Waals surface area (Å²) in [6.45, 7) is 1.96. The number of rotatable bonds is 4. The van der Waals surface area contributed by atoms with Gasteiger partial charge in [-0.1, -0.05) is 6.92 Å². The number of imidazole rings is 1. The Morgan fingerprint density at radius 1 is 1.35 bits per heavy atom. The number of nitrogens with two attached hydrogens (primary N) is 1. The van der Waals surface area contributed by atoms with Crippen LogP contribution in [0.15, 0.2) is 24.5 Å². The van der Waals surface area contributed by atoms with E-state index in [0.717, 1.165) is 18.6 Å². The van der Waals surface area contributed by atoms with Gasteiger partial charge < -0.3 is 5.43 Å². The molecule has 3 N–H and O–H groups in total. The van der Waals surface area contributed by atoms with E-state index >= 15 is 0 Å². The number of nitrogens with zero attached hydrogens (tertiary/aromatic N) is 3. The normalized spacial score (nSPS) is 11.7. The highest BCUT2D eigenvalue weighted by molar-refractivity contribution is 5.44. The lowest BCUT2D eigenvalue weighted by Crippen LogP contribution is -2.14. The van der Waals surface area contributed by atoms with E-state index in [0.29, 0.717) is 12.2 Å². The topological polar surface area (TPSA) is 68.8 Å². The van der Waals surface area contributed by atoms with Crippen molar-refractivity contribution in [3.8, 4) is 5.82 Å². The summed E-state index contributed by atoms with van der Waals surface area (Å²) in [6.07, 6.45) is 0.124. The highest BCUT2D eigenvalue weighted by Crippen LogP contribution is 2.31. The molecule has 0 atom stereocenters. The molecule has 0 saturated carbocycles. The first kappa shape index (κ1) is 14.3. The summed E-state index contributed by atoms with van der Waals surface area (Å²) in [7, 11) is 0. The summed E-state index contributed by atoms with van der Waals surface area (Å²) >= 11 is 0. The van der Waals surface area contributed by atoms with Crippen molar-refractivity contribution in [1.29, 1.82) is 0 Å². The third-order valence-corrected chi connectivity index (χ3v) is 2.72. The van der Waals surface area contributed by atoms with Crippen LogP contribution in [0.2, 0.25) is 0 Å². The quantitative estimate of drug-likeness (QED) is 0.669. The first-order valence-electron chi connectivity index (χ1n) is 6.04. The number of aromatic nitrogens is 3. The molecule has 0 spiro atoms. The molecular weight excluding hydrogens is 271 g/mol. The van der Waals surface area contributed by atoms with Crippen LogP contribution < -0.4 is 11.3 Å². The number of anilines is 1. The fourth-order valence-corrected chi connectivity index (χ4v) is 1.83. The zero-order valence-electron chi connectivity index (χ0n) is 10.8. The minimum absolute atomic E-state index is 0.0500. The first-order chi connectivity index (χ1) is 9.45. The van der Waals surface area contributed by atoms with E-state index in [1.807, 2.05) is 6.92 Å². The van der Waals surface area contributed by atoms with Gasteiger partial charge in [0.1, 0.15) is 17.5 Å². The van der Waals surface area contributed by atoms with Crippen molar-refractivity contribution in [2.45, 2.75) is 25.9 Å². The molecule has 20 heavy (non-hydrogen) atoms. The van der Waals surface area contributed by atoms with Crippen LogP contribution in [0.1, 0.15) is 24.7 Å². The van der Waals surface area contributed by atoms with Crippen molar-refractivity contribution >= 4 is 5.82 Å². The Hall–Kier alpha value is -2.09. The predicted molar refractivity (Wildman–Crippen MR) is 68.2 cm³/mol. The zero-order chi connectivity index (χ0) is 14.8. The van der Waals surface area contributed by atoms with Crippen LogP contribution in [0.4, 0.5) is 19.0 Å². The number of halogens is 3. The van der Waals surface area contributed by atoms with E-state index in [2.05, 4.69) is 15.4 Å². The molecule has 2 aromatic heterocycles. The number of hydrogen-bond acceptors (Lipinski definition) is 4. The Morgan fingerprint density at radius 2 is 2.10 bits per heavy atom. The summed E-state index contributed by atoms with van der Waals surface area (Å²) in [6, 6.07) is 1.83. The second kappa shape index (κ2) is 5.49. The second-order valence-electron chi connectivity index (χ2n) is 4.20. The summed E-state index contributed by atoms with van der Waals surface area (Å²) < 4.78 is 40.1. The van der Waals surface area contributed by atoms with Gasteiger partial charge in [-0.05, 0) is 18.6 Å². The van der Waals surface area contributed by atoms with E-state index in [9.17, 15) is 13.2 Å². The average molecular weight is 285 g/mol. The Morgan fingerprint density at radius 3 is 2.70 bits per heavy atom. The Bertz CT molecular complexity index is 591. The van der Waals surface area contributed by atoms with Gasteiger partial charge in [-0.25, -0.2) is 15.8 Å². The van der Waals surface area contributed by atoms with Crippen LogP contribution in [0.3, 0.4) is 0 Å². The summed E-state index contributed by atoms with van der Waals surface area (Å²) in [5.74, 6) is 5.91. The van der Waals surface area contributed by atoms with Crippen LogP contribution in [0, 0.1) is 0 Å². The van der Waals surface area contributed by atoms with Crippen LogP contribution in [0.25, 0.3) is 5.82 Å². The van der Waals surface area contributed by atoms with Crippen molar-refractivity contribution in [3.63, 3.8) is 0 Å². The van der Waals surface area contributed by atoms with Gasteiger partial charge in [-0.15, -0.1) is 0 Å². The maximum Gasteiger partial charge on any atom is 0.416 e. The van der Waals surface area contributed by atoms with Crippen molar-refractivity contribution in [2.75, 3.05) is 5.43 Å². The summed E-state index contributed by atoms with van der Waals surface area (Å²) in [5.41, 5.74) is 1.34. The monoisotopic (exact) mass is 285 g/mol. The molecule has 2 heterocycles. The van der Waals surface area contributed by atoms with Crippen LogP contribution in [-0.2, 0) is 12.6 Å². The Kier molecular flexibility index (Phi) is 3.93. The molecule has 0 fully saturated rings.